The molecular formula is C22H34N4O7. The number of benzene rings is 1. The molecule has 0 aliphatic heterocycles. The lowest BCUT2D eigenvalue weighted by Crippen LogP contribution is -2.59. The van der Waals surface area contributed by atoms with Gasteiger partial charge < -0.3 is 37.0 Å². The molecule has 0 aliphatic rings. The number of hydrogen-bond donors (Lipinski definition) is 7. The minimum absolute atomic E-state index is 0.0409. The van der Waals surface area contributed by atoms with Gasteiger partial charge in [0.1, 0.15) is 18.1 Å². The van der Waals surface area contributed by atoms with Crippen LogP contribution in [0, 0.1) is 5.92 Å². The molecular weight excluding hydrogens is 432 g/mol. The topological polar surface area (TPSA) is 191 Å². The van der Waals surface area contributed by atoms with Crippen LogP contribution in [0.5, 0.6) is 0 Å². The fourth-order valence-electron chi connectivity index (χ4n) is 3.04. The third-order valence-corrected chi connectivity index (χ3v) is 4.84. The second-order valence-electron chi connectivity index (χ2n) is 8.30. The summed E-state index contributed by atoms with van der Waals surface area (Å²) in [5.74, 6) is -3.65. The van der Waals surface area contributed by atoms with Crippen LogP contribution < -0.4 is 21.7 Å². The average Bonchev–Trinajstić information content (AvgIpc) is 2.75. The van der Waals surface area contributed by atoms with E-state index in [0.29, 0.717) is 0 Å². The summed E-state index contributed by atoms with van der Waals surface area (Å²) in [6, 6.07) is 3.86. The minimum atomic E-state index is -1.55. The molecule has 0 aromatic heterocycles. The molecule has 0 saturated carbocycles. The van der Waals surface area contributed by atoms with Gasteiger partial charge in [-0.3, -0.25) is 14.4 Å². The molecule has 1 aromatic rings. The molecule has 11 nitrogen and oxygen atoms in total. The monoisotopic (exact) mass is 466 g/mol. The first-order valence-corrected chi connectivity index (χ1v) is 10.7. The number of carboxylic acid groups (broad SMARTS) is 1. The SMILES string of the molecule is CC(C)C[C@H](NC(=O)[C@H](Cc1ccccc1)NC(=O)[C@@H](N)CO)C(=O)N[C@H](C(=O)O)C(C)O. The van der Waals surface area contributed by atoms with Crippen molar-refractivity contribution in [3.05, 3.63) is 35.9 Å². The van der Waals surface area contributed by atoms with Crippen molar-refractivity contribution < 1.29 is 34.5 Å². The Hall–Kier alpha value is -3.02. The Morgan fingerprint density at radius 2 is 1.45 bits per heavy atom. The van der Waals surface area contributed by atoms with Gasteiger partial charge in [-0.1, -0.05) is 44.2 Å². The van der Waals surface area contributed by atoms with Gasteiger partial charge in [-0.05, 0) is 24.8 Å². The molecule has 33 heavy (non-hydrogen) atoms. The number of nitrogens with one attached hydrogen (secondary N) is 3. The first-order valence-electron chi connectivity index (χ1n) is 10.7. The quantitative estimate of drug-likeness (QED) is 0.183. The summed E-state index contributed by atoms with van der Waals surface area (Å²) in [4.78, 5) is 49.4. The highest BCUT2D eigenvalue weighted by Gasteiger charge is 2.32. The summed E-state index contributed by atoms with van der Waals surface area (Å²) in [5, 5.41) is 35.3. The van der Waals surface area contributed by atoms with Crippen molar-refractivity contribution in [1.29, 1.82) is 0 Å². The van der Waals surface area contributed by atoms with Gasteiger partial charge in [0, 0.05) is 6.42 Å². The highest BCUT2D eigenvalue weighted by Crippen LogP contribution is 2.09. The van der Waals surface area contributed by atoms with Crippen LogP contribution in [0.2, 0.25) is 0 Å². The lowest BCUT2D eigenvalue weighted by atomic mass is 10.0. The van der Waals surface area contributed by atoms with Crippen LogP contribution >= 0.6 is 0 Å². The highest BCUT2D eigenvalue weighted by atomic mass is 16.4. The van der Waals surface area contributed by atoms with Crippen molar-refractivity contribution in [2.75, 3.05) is 6.61 Å². The van der Waals surface area contributed by atoms with Crippen molar-refractivity contribution in [2.45, 2.75) is 63.9 Å². The van der Waals surface area contributed by atoms with Gasteiger partial charge in [0.05, 0.1) is 12.7 Å². The van der Waals surface area contributed by atoms with Crippen LogP contribution in [0.1, 0.15) is 32.8 Å². The van der Waals surface area contributed by atoms with Gasteiger partial charge in [0.2, 0.25) is 17.7 Å². The molecule has 0 heterocycles. The van der Waals surface area contributed by atoms with Crippen molar-refractivity contribution >= 4 is 23.7 Å². The van der Waals surface area contributed by atoms with Crippen molar-refractivity contribution in [3.63, 3.8) is 0 Å². The van der Waals surface area contributed by atoms with E-state index in [-0.39, 0.29) is 18.8 Å². The van der Waals surface area contributed by atoms with Gasteiger partial charge in [-0.2, -0.15) is 0 Å². The van der Waals surface area contributed by atoms with Crippen LogP contribution in [0.4, 0.5) is 0 Å². The maximum Gasteiger partial charge on any atom is 0.328 e. The van der Waals surface area contributed by atoms with E-state index in [9.17, 15) is 29.4 Å². The number of carbonyl (C=O) groups excluding carboxylic acids is 3. The zero-order chi connectivity index (χ0) is 25.1. The van der Waals surface area contributed by atoms with E-state index in [1.54, 1.807) is 30.3 Å². The summed E-state index contributed by atoms with van der Waals surface area (Å²) >= 11 is 0. The molecule has 0 fully saturated rings. The third-order valence-electron chi connectivity index (χ3n) is 4.84. The number of rotatable bonds is 13. The largest absolute Gasteiger partial charge is 0.480 e. The fourth-order valence-corrected chi connectivity index (χ4v) is 3.04. The number of aliphatic hydroxyl groups is 2. The number of carbonyl (C=O) groups is 4. The Labute approximate surface area is 192 Å². The smallest absolute Gasteiger partial charge is 0.328 e. The summed E-state index contributed by atoms with van der Waals surface area (Å²) in [6.07, 6.45) is -1.07. The maximum atomic E-state index is 13.1. The standard InChI is InChI=1S/C22H34N4O7/c1-12(2)9-16(21(31)26-18(13(3)28)22(32)33)25-20(30)17(24-19(29)15(23)11-27)10-14-7-5-4-6-8-14/h4-8,12-13,15-18,27-28H,9-11,23H2,1-3H3,(H,24,29)(H,25,30)(H,26,31)(H,32,33)/t13?,15-,16-,17-,18-/m0/s1. The van der Waals surface area contributed by atoms with Crippen LogP contribution in [0.15, 0.2) is 30.3 Å². The number of amides is 3. The Morgan fingerprint density at radius 3 is 1.94 bits per heavy atom. The van der Waals surface area contributed by atoms with Crippen LogP contribution in [0.3, 0.4) is 0 Å². The summed E-state index contributed by atoms with van der Waals surface area (Å²) < 4.78 is 0. The highest BCUT2D eigenvalue weighted by molar-refractivity contribution is 5.94. The Balaban J connectivity index is 3.08. The van der Waals surface area contributed by atoms with Gasteiger partial charge in [-0.25, -0.2) is 4.79 Å². The van der Waals surface area contributed by atoms with E-state index in [1.165, 1.54) is 6.92 Å². The lowest BCUT2D eigenvalue weighted by Gasteiger charge is -2.26. The lowest BCUT2D eigenvalue weighted by molar-refractivity contribution is -0.145. The third kappa shape index (κ3) is 9.56. The molecule has 0 bridgehead atoms. The summed E-state index contributed by atoms with van der Waals surface area (Å²) in [7, 11) is 0. The summed E-state index contributed by atoms with van der Waals surface area (Å²) in [6.45, 7) is 4.25. The first kappa shape index (κ1) is 28.0. The number of carboxylic acids is 1. The molecule has 1 aromatic carbocycles. The van der Waals surface area contributed by atoms with Crippen LogP contribution in [-0.2, 0) is 25.6 Å². The molecule has 0 radical (unpaired) electrons. The van der Waals surface area contributed by atoms with Crippen LogP contribution in [0.25, 0.3) is 0 Å². The fraction of sp³-hybridized carbons (Fsp3) is 0.545. The molecule has 0 aliphatic carbocycles. The molecule has 184 valence electrons. The molecule has 0 saturated heterocycles. The van der Waals surface area contributed by atoms with E-state index in [4.69, 9.17) is 10.8 Å². The average molecular weight is 467 g/mol. The molecule has 5 atom stereocenters. The van der Waals surface area contributed by atoms with E-state index >= 15 is 0 Å². The molecule has 1 unspecified atom stereocenters. The molecule has 11 heteroatoms. The Bertz CT molecular complexity index is 801. The number of aliphatic hydroxyl groups excluding tert-OH is 2. The number of hydrogen-bond acceptors (Lipinski definition) is 7. The molecule has 8 N–H and O–H groups in total. The van der Waals surface area contributed by atoms with E-state index < -0.39 is 60.6 Å². The van der Waals surface area contributed by atoms with Gasteiger partial charge in [0.15, 0.2) is 6.04 Å². The molecule has 1 rings (SSSR count). The first-order chi connectivity index (χ1) is 15.5. The van der Waals surface area contributed by atoms with Gasteiger partial charge >= 0.3 is 5.97 Å². The Morgan fingerprint density at radius 1 is 0.909 bits per heavy atom. The minimum Gasteiger partial charge on any atom is -0.480 e. The second kappa shape index (κ2) is 13.5. The summed E-state index contributed by atoms with van der Waals surface area (Å²) in [5.41, 5.74) is 6.28. The second-order valence-corrected chi connectivity index (χ2v) is 8.30. The van der Waals surface area contributed by atoms with Gasteiger partial charge in [0.25, 0.3) is 0 Å². The van der Waals surface area contributed by atoms with E-state index in [2.05, 4.69) is 16.0 Å². The maximum absolute atomic E-state index is 13.1. The van der Waals surface area contributed by atoms with E-state index in [1.807, 2.05) is 13.8 Å². The predicted molar refractivity (Wildman–Crippen MR) is 120 cm³/mol. The van der Waals surface area contributed by atoms with Crippen molar-refractivity contribution in [2.24, 2.45) is 11.7 Å². The van der Waals surface area contributed by atoms with Crippen molar-refractivity contribution in [3.8, 4) is 0 Å². The molecule has 0 spiro atoms. The predicted octanol–water partition coefficient (Wildman–Crippen LogP) is -1.49. The number of nitrogens with two attached hydrogens (primary N) is 1. The number of aliphatic carboxylic acids is 1. The van der Waals surface area contributed by atoms with E-state index in [0.717, 1.165) is 5.56 Å². The zero-order valence-corrected chi connectivity index (χ0v) is 19.0. The zero-order valence-electron chi connectivity index (χ0n) is 19.0. The van der Waals surface area contributed by atoms with Crippen molar-refractivity contribution in [1.82, 2.24) is 16.0 Å². The normalized spacial score (nSPS) is 15.6. The van der Waals surface area contributed by atoms with Crippen LogP contribution in [-0.4, -0.2) is 75.9 Å². The van der Waals surface area contributed by atoms with Gasteiger partial charge in [-0.15, -0.1) is 0 Å². The molecule has 3 amide bonds. The Kier molecular flexibility index (Phi) is 11.5.